The van der Waals surface area contributed by atoms with E-state index in [9.17, 15) is 15.2 Å². The maximum atomic E-state index is 10.7. The van der Waals surface area contributed by atoms with Gasteiger partial charge < -0.3 is 5.11 Å². The van der Waals surface area contributed by atoms with E-state index in [1.807, 2.05) is 12.2 Å². The monoisotopic (exact) mass is 229 g/mol. The lowest BCUT2D eigenvalue weighted by Crippen LogP contribution is -2.15. The second-order valence-corrected chi connectivity index (χ2v) is 3.93. The molecule has 0 fully saturated rings. The summed E-state index contributed by atoms with van der Waals surface area (Å²) in [5.74, 6) is 2.15. The predicted octanol–water partition coefficient (Wildman–Crippen LogP) is 2.09. The smallest absolute Gasteiger partial charge is 0.269 e. The van der Waals surface area contributed by atoms with Crippen LogP contribution in [0.1, 0.15) is 23.5 Å². The van der Waals surface area contributed by atoms with Crippen LogP contribution in [0.3, 0.4) is 0 Å². The molecule has 0 heterocycles. The third kappa shape index (κ3) is 2.05. The van der Waals surface area contributed by atoms with Gasteiger partial charge in [-0.25, -0.2) is 0 Å². The summed E-state index contributed by atoms with van der Waals surface area (Å²) in [5, 5.41) is 20.6. The van der Waals surface area contributed by atoms with E-state index in [0.29, 0.717) is 0 Å². The number of nitro benzene ring substituents is 1. The maximum absolute atomic E-state index is 10.7. The van der Waals surface area contributed by atoms with Gasteiger partial charge in [0.05, 0.1) is 11.0 Å². The van der Waals surface area contributed by atoms with Crippen molar-refractivity contribution >= 4 is 11.8 Å². The van der Waals surface area contributed by atoms with Crippen LogP contribution in [-0.4, -0.2) is 16.1 Å². The lowest BCUT2D eigenvalue weighted by atomic mass is 9.93. The highest BCUT2D eigenvalue weighted by Crippen LogP contribution is 2.35. The zero-order valence-corrected chi connectivity index (χ0v) is 9.04. The van der Waals surface area contributed by atoms with Gasteiger partial charge in [0.25, 0.3) is 5.69 Å². The maximum Gasteiger partial charge on any atom is 0.269 e. The summed E-state index contributed by atoms with van der Waals surface area (Å²) in [4.78, 5) is 10.3. The minimum atomic E-state index is -0.695. The average molecular weight is 229 g/mol. The van der Waals surface area contributed by atoms with Crippen molar-refractivity contribution in [2.75, 3.05) is 0 Å². The molecule has 2 atom stereocenters. The molecule has 2 unspecified atom stereocenters. The van der Waals surface area contributed by atoms with Gasteiger partial charge in [0.2, 0.25) is 0 Å². The van der Waals surface area contributed by atoms with Gasteiger partial charge in [-0.15, -0.1) is 12.3 Å². The summed E-state index contributed by atoms with van der Waals surface area (Å²) in [6.07, 6.45) is 8.37. The highest BCUT2D eigenvalue weighted by atomic mass is 16.6. The van der Waals surface area contributed by atoms with Crippen LogP contribution in [0, 0.1) is 22.5 Å². The molecule has 1 aliphatic carbocycles. The molecular formula is C13H11NO3. The number of benzene rings is 1. The zero-order chi connectivity index (χ0) is 12.4. The van der Waals surface area contributed by atoms with Crippen LogP contribution in [0.15, 0.2) is 24.3 Å². The Morgan fingerprint density at radius 2 is 2.35 bits per heavy atom. The minimum absolute atomic E-state index is 0.0327. The number of hydrogen-bond donors (Lipinski definition) is 1. The molecule has 0 saturated carbocycles. The summed E-state index contributed by atoms with van der Waals surface area (Å²) in [7, 11) is 0. The summed E-state index contributed by atoms with van der Waals surface area (Å²) in [6, 6.07) is 4.64. The molecule has 0 saturated heterocycles. The first-order valence-corrected chi connectivity index (χ1v) is 5.21. The number of rotatable bonds is 3. The highest BCUT2D eigenvalue weighted by Gasteiger charge is 2.25. The van der Waals surface area contributed by atoms with Crippen molar-refractivity contribution in [3.63, 3.8) is 0 Å². The Labute approximate surface area is 98.7 Å². The summed E-state index contributed by atoms with van der Waals surface area (Å²) in [6.45, 7) is 0. The number of hydrogen-bond acceptors (Lipinski definition) is 3. The Bertz CT molecular complexity index is 528. The number of aliphatic hydroxyl groups is 1. The number of nitro groups is 1. The van der Waals surface area contributed by atoms with E-state index >= 15 is 0 Å². The Morgan fingerprint density at radius 3 is 3.00 bits per heavy atom. The molecule has 0 aliphatic heterocycles. The second kappa shape index (κ2) is 4.40. The van der Waals surface area contributed by atoms with E-state index in [1.165, 1.54) is 12.1 Å². The molecule has 1 aromatic carbocycles. The number of non-ortho nitro benzene ring substituents is 1. The minimum Gasteiger partial charge on any atom is -0.391 e. The lowest BCUT2D eigenvalue weighted by molar-refractivity contribution is -0.384. The number of terminal acetylenes is 1. The standard InChI is InChI=1S/C13H11NO3/c1-2-3-13(15)11-7-5-9-4-6-10(14(16)17)8-12(9)11/h1,4-8,11,13,15H,3H2. The molecule has 0 radical (unpaired) electrons. The summed E-state index contributed by atoms with van der Waals surface area (Å²) < 4.78 is 0. The molecule has 0 bridgehead atoms. The van der Waals surface area contributed by atoms with E-state index in [-0.39, 0.29) is 18.0 Å². The molecule has 1 aliphatic rings. The van der Waals surface area contributed by atoms with Gasteiger partial charge in [-0.1, -0.05) is 12.2 Å². The fraction of sp³-hybridized carbons (Fsp3) is 0.231. The first-order valence-electron chi connectivity index (χ1n) is 5.21. The van der Waals surface area contributed by atoms with Crippen LogP contribution in [-0.2, 0) is 0 Å². The van der Waals surface area contributed by atoms with Gasteiger partial charge in [-0.05, 0) is 17.2 Å². The van der Waals surface area contributed by atoms with Gasteiger partial charge in [0.1, 0.15) is 0 Å². The average Bonchev–Trinajstić information content (AvgIpc) is 2.71. The molecule has 86 valence electrons. The number of aliphatic hydroxyl groups excluding tert-OH is 1. The van der Waals surface area contributed by atoms with Crippen LogP contribution in [0.25, 0.3) is 6.08 Å². The van der Waals surface area contributed by atoms with E-state index in [1.54, 1.807) is 6.07 Å². The van der Waals surface area contributed by atoms with Crippen molar-refractivity contribution in [2.45, 2.75) is 18.4 Å². The molecule has 4 nitrogen and oxygen atoms in total. The molecule has 17 heavy (non-hydrogen) atoms. The number of nitrogens with zero attached hydrogens (tertiary/aromatic N) is 1. The molecule has 1 aromatic rings. The van der Waals surface area contributed by atoms with Crippen molar-refractivity contribution in [2.24, 2.45) is 0 Å². The van der Waals surface area contributed by atoms with E-state index in [4.69, 9.17) is 6.42 Å². The Hall–Kier alpha value is -2.12. The van der Waals surface area contributed by atoms with Crippen molar-refractivity contribution in [3.05, 3.63) is 45.5 Å². The van der Waals surface area contributed by atoms with Gasteiger partial charge in [0, 0.05) is 24.5 Å². The molecule has 2 rings (SSSR count). The van der Waals surface area contributed by atoms with Crippen molar-refractivity contribution in [1.82, 2.24) is 0 Å². The Balaban J connectivity index is 2.35. The van der Waals surface area contributed by atoms with Crippen LogP contribution in [0.5, 0.6) is 0 Å². The Morgan fingerprint density at radius 1 is 1.59 bits per heavy atom. The molecular weight excluding hydrogens is 218 g/mol. The topological polar surface area (TPSA) is 63.4 Å². The van der Waals surface area contributed by atoms with E-state index in [2.05, 4.69) is 5.92 Å². The fourth-order valence-corrected chi connectivity index (χ4v) is 2.01. The van der Waals surface area contributed by atoms with Gasteiger partial charge in [-0.3, -0.25) is 10.1 Å². The molecule has 1 N–H and O–H groups in total. The largest absolute Gasteiger partial charge is 0.391 e. The number of fused-ring (bicyclic) bond motifs is 1. The fourth-order valence-electron chi connectivity index (χ4n) is 2.01. The quantitative estimate of drug-likeness (QED) is 0.490. The van der Waals surface area contributed by atoms with Crippen LogP contribution < -0.4 is 0 Å². The third-order valence-electron chi connectivity index (χ3n) is 2.86. The normalized spacial score (nSPS) is 18.5. The van der Waals surface area contributed by atoms with Gasteiger partial charge >= 0.3 is 0 Å². The predicted molar refractivity (Wildman–Crippen MR) is 64.3 cm³/mol. The molecule has 4 heteroatoms. The summed E-state index contributed by atoms with van der Waals surface area (Å²) in [5.41, 5.74) is 1.70. The SMILES string of the molecule is C#CCC(O)C1C=Cc2ccc([N+](=O)[O-])cc21. The zero-order valence-electron chi connectivity index (χ0n) is 9.04. The second-order valence-electron chi connectivity index (χ2n) is 3.93. The van der Waals surface area contributed by atoms with Crippen molar-refractivity contribution in [1.29, 1.82) is 0 Å². The van der Waals surface area contributed by atoms with Crippen LogP contribution >= 0.6 is 0 Å². The van der Waals surface area contributed by atoms with Gasteiger partial charge in [-0.2, -0.15) is 0 Å². The summed E-state index contributed by atoms with van der Waals surface area (Å²) >= 11 is 0. The molecule has 0 amide bonds. The lowest BCUT2D eigenvalue weighted by Gasteiger charge is -2.15. The highest BCUT2D eigenvalue weighted by molar-refractivity contribution is 5.65. The van der Waals surface area contributed by atoms with Gasteiger partial charge in [0.15, 0.2) is 0 Å². The first-order chi connectivity index (χ1) is 8.13. The van der Waals surface area contributed by atoms with E-state index in [0.717, 1.165) is 11.1 Å². The van der Waals surface area contributed by atoms with Crippen molar-refractivity contribution < 1.29 is 10.0 Å². The van der Waals surface area contributed by atoms with E-state index < -0.39 is 11.0 Å². The first kappa shape index (κ1) is 11.4. The third-order valence-corrected chi connectivity index (χ3v) is 2.86. The van der Waals surface area contributed by atoms with Crippen LogP contribution in [0.4, 0.5) is 5.69 Å². The van der Waals surface area contributed by atoms with Crippen LogP contribution in [0.2, 0.25) is 0 Å². The molecule has 0 spiro atoms. The Kier molecular flexibility index (Phi) is 2.94. The van der Waals surface area contributed by atoms with Crippen molar-refractivity contribution in [3.8, 4) is 12.3 Å². The molecule has 0 aromatic heterocycles.